The lowest BCUT2D eigenvalue weighted by Crippen LogP contribution is -1.94. The molecule has 1 aromatic heterocycles. The number of aromatic nitrogens is 1. The molecule has 0 saturated carbocycles. The molecule has 0 aliphatic heterocycles. The SMILES string of the molecule is O=Cc1ncc(-c2c(Cl)cc(Cl)cc2Cl)cc1F. The maximum absolute atomic E-state index is 13.5. The van der Waals surface area contributed by atoms with Crippen molar-refractivity contribution < 1.29 is 9.18 Å². The normalized spacial score (nSPS) is 10.4. The average Bonchev–Trinajstić information content (AvgIpc) is 2.27. The Morgan fingerprint density at radius 2 is 1.72 bits per heavy atom. The molecular weight excluding hydrogens is 299 g/mol. The number of halogens is 4. The van der Waals surface area contributed by atoms with Gasteiger partial charge in [0.15, 0.2) is 12.1 Å². The van der Waals surface area contributed by atoms with Crippen LogP contribution in [0.2, 0.25) is 15.1 Å². The summed E-state index contributed by atoms with van der Waals surface area (Å²) in [7, 11) is 0. The number of pyridine rings is 1. The Morgan fingerprint density at radius 3 is 2.22 bits per heavy atom. The summed E-state index contributed by atoms with van der Waals surface area (Å²) in [5.74, 6) is -0.732. The van der Waals surface area contributed by atoms with Crippen LogP contribution in [0.1, 0.15) is 10.5 Å². The average molecular weight is 305 g/mol. The predicted molar refractivity (Wildman–Crippen MR) is 70.0 cm³/mol. The Balaban J connectivity index is 2.62. The Morgan fingerprint density at radius 1 is 1.11 bits per heavy atom. The lowest BCUT2D eigenvalue weighted by atomic mass is 10.1. The fourth-order valence-corrected chi connectivity index (χ4v) is 2.53. The number of carbonyl (C=O) groups is 1. The van der Waals surface area contributed by atoms with E-state index in [9.17, 15) is 9.18 Å². The minimum atomic E-state index is -0.732. The monoisotopic (exact) mass is 303 g/mol. The van der Waals surface area contributed by atoms with Gasteiger partial charge in [0.2, 0.25) is 0 Å². The zero-order valence-corrected chi connectivity index (χ0v) is 11.0. The first-order valence-corrected chi connectivity index (χ1v) is 5.92. The first-order chi connectivity index (χ1) is 8.52. The molecule has 0 saturated heterocycles. The largest absolute Gasteiger partial charge is 0.296 e. The van der Waals surface area contributed by atoms with E-state index in [4.69, 9.17) is 34.8 Å². The summed E-state index contributed by atoms with van der Waals surface area (Å²) >= 11 is 17.8. The first kappa shape index (κ1) is 13.3. The number of carbonyl (C=O) groups excluding carboxylic acids is 1. The minimum Gasteiger partial charge on any atom is -0.296 e. The molecule has 0 aliphatic rings. The highest BCUT2D eigenvalue weighted by molar-refractivity contribution is 6.41. The maximum Gasteiger partial charge on any atom is 0.171 e. The number of nitrogens with zero attached hydrogens (tertiary/aromatic N) is 1. The summed E-state index contributed by atoms with van der Waals surface area (Å²) in [6.07, 6.45) is 1.66. The lowest BCUT2D eigenvalue weighted by Gasteiger charge is -2.08. The molecule has 6 heteroatoms. The van der Waals surface area contributed by atoms with Gasteiger partial charge in [-0.15, -0.1) is 0 Å². The second-order valence-corrected chi connectivity index (χ2v) is 4.70. The molecule has 0 spiro atoms. The van der Waals surface area contributed by atoms with Gasteiger partial charge >= 0.3 is 0 Å². The van der Waals surface area contributed by atoms with Crippen LogP contribution in [0, 0.1) is 5.82 Å². The minimum absolute atomic E-state index is 0.264. The van der Waals surface area contributed by atoms with Gasteiger partial charge < -0.3 is 0 Å². The van der Waals surface area contributed by atoms with Crippen molar-refractivity contribution in [3.8, 4) is 11.1 Å². The molecule has 92 valence electrons. The van der Waals surface area contributed by atoms with E-state index < -0.39 is 5.82 Å². The molecule has 18 heavy (non-hydrogen) atoms. The highest BCUT2D eigenvalue weighted by atomic mass is 35.5. The van der Waals surface area contributed by atoms with Crippen molar-refractivity contribution in [1.82, 2.24) is 4.98 Å². The van der Waals surface area contributed by atoms with Crippen molar-refractivity contribution in [2.24, 2.45) is 0 Å². The Kier molecular flexibility index (Phi) is 3.85. The van der Waals surface area contributed by atoms with Gasteiger partial charge in [0.1, 0.15) is 5.69 Å². The summed E-state index contributed by atoms with van der Waals surface area (Å²) in [6.45, 7) is 0. The van der Waals surface area contributed by atoms with Crippen molar-refractivity contribution in [2.45, 2.75) is 0 Å². The quantitative estimate of drug-likeness (QED) is 0.755. The molecule has 1 heterocycles. The Labute approximate surface area is 117 Å². The van der Waals surface area contributed by atoms with Gasteiger partial charge in [-0.25, -0.2) is 9.37 Å². The van der Waals surface area contributed by atoms with Crippen LogP contribution in [0.25, 0.3) is 11.1 Å². The summed E-state index contributed by atoms with van der Waals surface area (Å²) in [6, 6.07) is 4.14. The van der Waals surface area contributed by atoms with Crippen LogP contribution in [0.5, 0.6) is 0 Å². The molecule has 0 aliphatic carbocycles. The fourth-order valence-electron chi connectivity index (χ4n) is 1.49. The van der Waals surface area contributed by atoms with Gasteiger partial charge in [0.05, 0.1) is 10.0 Å². The van der Waals surface area contributed by atoms with Crippen LogP contribution >= 0.6 is 34.8 Å². The zero-order chi connectivity index (χ0) is 13.3. The van der Waals surface area contributed by atoms with E-state index in [-0.39, 0.29) is 15.7 Å². The molecular formula is C12H5Cl3FNO. The second-order valence-electron chi connectivity index (χ2n) is 3.45. The fraction of sp³-hybridized carbons (Fsp3) is 0. The van der Waals surface area contributed by atoms with Crippen LogP contribution in [0.4, 0.5) is 4.39 Å². The molecule has 0 unspecified atom stereocenters. The van der Waals surface area contributed by atoms with Gasteiger partial charge in [0, 0.05) is 22.3 Å². The van der Waals surface area contributed by atoms with Gasteiger partial charge in [-0.05, 0) is 18.2 Å². The van der Waals surface area contributed by atoms with Crippen molar-refractivity contribution in [3.05, 3.63) is 51.0 Å². The topological polar surface area (TPSA) is 30.0 Å². The molecule has 0 fully saturated rings. The van der Waals surface area contributed by atoms with E-state index in [0.29, 0.717) is 22.4 Å². The maximum atomic E-state index is 13.5. The Hall–Kier alpha value is -1.16. The van der Waals surface area contributed by atoms with Gasteiger partial charge in [0.25, 0.3) is 0 Å². The van der Waals surface area contributed by atoms with Crippen molar-refractivity contribution in [3.63, 3.8) is 0 Å². The van der Waals surface area contributed by atoms with Crippen molar-refractivity contribution in [1.29, 1.82) is 0 Å². The third-order valence-electron chi connectivity index (χ3n) is 2.28. The van der Waals surface area contributed by atoms with E-state index in [1.165, 1.54) is 18.3 Å². The molecule has 2 rings (SSSR count). The van der Waals surface area contributed by atoms with Crippen LogP contribution < -0.4 is 0 Å². The second kappa shape index (κ2) is 5.22. The number of hydrogen-bond acceptors (Lipinski definition) is 2. The van der Waals surface area contributed by atoms with Gasteiger partial charge in [-0.2, -0.15) is 0 Å². The third kappa shape index (κ3) is 2.48. The molecule has 0 amide bonds. The van der Waals surface area contributed by atoms with Crippen molar-refractivity contribution in [2.75, 3.05) is 0 Å². The number of benzene rings is 1. The van der Waals surface area contributed by atoms with Crippen LogP contribution in [-0.4, -0.2) is 11.3 Å². The summed E-state index contributed by atoms with van der Waals surface area (Å²) < 4.78 is 13.5. The third-order valence-corrected chi connectivity index (χ3v) is 3.09. The van der Waals surface area contributed by atoms with Gasteiger partial charge in [-0.3, -0.25) is 4.79 Å². The summed E-state index contributed by atoms with van der Waals surface area (Å²) in [5.41, 5.74) is 0.538. The first-order valence-electron chi connectivity index (χ1n) is 4.78. The van der Waals surface area contributed by atoms with E-state index in [0.717, 1.165) is 6.07 Å². The zero-order valence-electron chi connectivity index (χ0n) is 8.75. The highest BCUT2D eigenvalue weighted by Gasteiger charge is 2.13. The van der Waals surface area contributed by atoms with E-state index in [1.807, 2.05) is 0 Å². The molecule has 2 aromatic rings. The lowest BCUT2D eigenvalue weighted by molar-refractivity contribution is 0.111. The van der Waals surface area contributed by atoms with Gasteiger partial charge in [-0.1, -0.05) is 34.8 Å². The number of hydrogen-bond donors (Lipinski definition) is 0. The van der Waals surface area contributed by atoms with E-state index in [1.54, 1.807) is 0 Å². The molecule has 0 radical (unpaired) electrons. The highest BCUT2D eigenvalue weighted by Crippen LogP contribution is 2.37. The number of rotatable bonds is 2. The van der Waals surface area contributed by atoms with Crippen LogP contribution in [-0.2, 0) is 0 Å². The molecule has 2 nitrogen and oxygen atoms in total. The summed E-state index contributed by atoms with van der Waals surface area (Å²) in [4.78, 5) is 14.2. The van der Waals surface area contributed by atoms with Crippen LogP contribution in [0.15, 0.2) is 24.4 Å². The number of aldehydes is 1. The summed E-state index contributed by atoms with van der Waals surface area (Å²) in [5, 5.41) is 0.951. The Bertz CT molecular complexity index is 608. The van der Waals surface area contributed by atoms with E-state index in [2.05, 4.69) is 4.98 Å². The molecule has 0 N–H and O–H groups in total. The standard InChI is InChI=1S/C12H5Cl3FNO/c13-7-2-8(14)12(9(15)3-7)6-1-10(16)11(5-18)17-4-6/h1-5H. The molecule has 1 aromatic carbocycles. The van der Waals surface area contributed by atoms with Crippen LogP contribution in [0.3, 0.4) is 0 Å². The van der Waals surface area contributed by atoms with Crippen molar-refractivity contribution >= 4 is 41.1 Å². The molecule has 0 bridgehead atoms. The van der Waals surface area contributed by atoms with E-state index >= 15 is 0 Å². The molecule has 0 atom stereocenters. The smallest absolute Gasteiger partial charge is 0.171 e. The predicted octanol–water partition coefficient (Wildman–Crippen LogP) is 4.66.